The van der Waals surface area contributed by atoms with Crippen LogP contribution in [0, 0.1) is 13.8 Å². The van der Waals surface area contributed by atoms with Crippen LogP contribution >= 0.6 is 0 Å². The van der Waals surface area contributed by atoms with Crippen LogP contribution < -0.4 is 19.3 Å². The van der Waals surface area contributed by atoms with E-state index in [2.05, 4.69) is 6.92 Å². The summed E-state index contributed by atoms with van der Waals surface area (Å²) in [4.78, 5) is 28.8. The van der Waals surface area contributed by atoms with Gasteiger partial charge in [-0.3, -0.25) is 9.59 Å². The Balaban J connectivity index is 1.65. The molecule has 0 aliphatic carbocycles. The number of quaternary nitrogens is 1. The molecule has 158 valence electrons. The van der Waals surface area contributed by atoms with Crippen molar-refractivity contribution < 1.29 is 24.0 Å². The number of methoxy groups -OCH3 is 2. The summed E-state index contributed by atoms with van der Waals surface area (Å²) < 4.78 is 10.9. The molecule has 6 nitrogen and oxygen atoms in total. The highest BCUT2D eigenvalue weighted by Crippen LogP contribution is 2.35. The van der Waals surface area contributed by atoms with Gasteiger partial charge in [0, 0.05) is 12.0 Å². The molecule has 2 heterocycles. The maximum atomic E-state index is 13.4. The minimum Gasteiger partial charge on any atom is -0.493 e. The number of benzene rings is 2. The Hall–Kier alpha value is -2.86. The Morgan fingerprint density at radius 3 is 2.47 bits per heavy atom. The third-order valence-corrected chi connectivity index (χ3v) is 6.76. The van der Waals surface area contributed by atoms with Gasteiger partial charge in [0.1, 0.15) is 6.04 Å². The van der Waals surface area contributed by atoms with Gasteiger partial charge >= 0.3 is 0 Å². The fraction of sp³-hybridized carbons (Fsp3) is 0.417. The number of carbonyl (C=O) groups is 2. The van der Waals surface area contributed by atoms with E-state index in [-0.39, 0.29) is 30.3 Å². The van der Waals surface area contributed by atoms with Gasteiger partial charge < -0.3 is 14.4 Å². The quantitative estimate of drug-likeness (QED) is 0.787. The maximum Gasteiger partial charge on any atom is 0.292 e. The van der Waals surface area contributed by atoms with Crippen LogP contribution in [0.5, 0.6) is 11.5 Å². The van der Waals surface area contributed by atoms with Gasteiger partial charge in [-0.25, -0.2) is 4.90 Å². The predicted octanol–water partition coefficient (Wildman–Crippen LogP) is 2.15. The Morgan fingerprint density at radius 2 is 1.77 bits per heavy atom. The summed E-state index contributed by atoms with van der Waals surface area (Å²) in [5.74, 6) is 1.20. The van der Waals surface area contributed by atoms with Crippen molar-refractivity contribution in [2.45, 2.75) is 45.7 Å². The summed E-state index contributed by atoms with van der Waals surface area (Å²) >= 11 is 0. The van der Waals surface area contributed by atoms with Crippen LogP contribution in [0.4, 0.5) is 5.69 Å². The molecule has 0 bridgehead atoms. The second-order valence-corrected chi connectivity index (χ2v) is 8.25. The first-order valence-electron chi connectivity index (χ1n) is 10.4. The van der Waals surface area contributed by atoms with Crippen molar-refractivity contribution >= 4 is 17.5 Å². The van der Waals surface area contributed by atoms with E-state index in [4.69, 9.17) is 9.47 Å². The number of hydrogen-bond acceptors (Lipinski definition) is 4. The van der Waals surface area contributed by atoms with Crippen molar-refractivity contribution in [3.05, 3.63) is 52.6 Å². The smallest absolute Gasteiger partial charge is 0.292 e. The van der Waals surface area contributed by atoms with Crippen molar-refractivity contribution in [3.63, 3.8) is 0 Å². The first kappa shape index (κ1) is 20.4. The summed E-state index contributed by atoms with van der Waals surface area (Å²) in [6, 6.07) is 9.52. The van der Waals surface area contributed by atoms with Gasteiger partial charge in [-0.2, -0.15) is 0 Å². The number of imide groups is 1. The molecular formula is C24H29N2O4+. The van der Waals surface area contributed by atoms with Crippen molar-refractivity contribution in [1.82, 2.24) is 0 Å². The van der Waals surface area contributed by atoms with Crippen molar-refractivity contribution in [2.75, 3.05) is 25.7 Å². The van der Waals surface area contributed by atoms with Crippen LogP contribution in [-0.4, -0.2) is 38.6 Å². The van der Waals surface area contributed by atoms with Crippen molar-refractivity contribution in [1.29, 1.82) is 0 Å². The van der Waals surface area contributed by atoms with Gasteiger partial charge in [-0.05, 0) is 55.7 Å². The first-order valence-corrected chi connectivity index (χ1v) is 10.4. The Labute approximate surface area is 177 Å². The predicted molar refractivity (Wildman–Crippen MR) is 114 cm³/mol. The minimum atomic E-state index is -0.367. The number of rotatable bonds is 4. The summed E-state index contributed by atoms with van der Waals surface area (Å²) in [6.45, 7) is 6.88. The molecule has 1 fully saturated rings. The van der Waals surface area contributed by atoms with Crippen molar-refractivity contribution in [2.24, 2.45) is 0 Å². The lowest BCUT2D eigenvalue weighted by molar-refractivity contribution is -0.946. The maximum absolute atomic E-state index is 13.4. The Bertz CT molecular complexity index is 1020. The fourth-order valence-electron chi connectivity index (χ4n) is 4.88. The number of amides is 2. The average Bonchev–Trinajstić information content (AvgIpc) is 3.03. The van der Waals surface area contributed by atoms with Gasteiger partial charge in [0.05, 0.1) is 32.9 Å². The highest BCUT2D eigenvalue weighted by atomic mass is 16.5. The lowest BCUT2D eigenvalue weighted by Gasteiger charge is -2.35. The van der Waals surface area contributed by atoms with Crippen LogP contribution in [0.25, 0.3) is 0 Å². The van der Waals surface area contributed by atoms with Crippen LogP contribution in [0.1, 0.15) is 41.6 Å². The number of nitrogens with zero attached hydrogens (tertiary/aromatic N) is 1. The van der Waals surface area contributed by atoms with E-state index >= 15 is 0 Å². The number of fused-ring (bicyclic) bond motifs is 1. The van der Waals surface area contributed by atoms with E-state index in [1.165, 1.54) is 10.5 Å². The second-order valence-electron chi connectivity index (χ2n) is 8.25. The number of anilines is 1. The largest absolute Gasteiger partial charge is 0.493 e. The summed E-state index contributed by atoms with van der Waals surface area (Å²) in [6.07, 6.45) is 1.07. The number of hydrogen-bond donors (Lipinski definition) is 1. The highest BCUT2D eigenvalue weighted by Gasteiger charge is 2.48. The van der Waals surface area contributed by atoms with Gasteiger partial charge in [-0.15, -0.1) is 0 Å². The van der Waals surface area contributed by atoms with E-state index in [1.54, 1.807) is 14.2 Å². The number of carbonyl (C=O) groups excluding carboxylic acids is 2. The average molecular weight is 410 g/mol. The van der Waals surface area contributed by atoms with E-state index < -0.39 is 0 Å². The zero-order valence-electron chi connectivity index (χ0n) is 18.2. The van der Waals surface area contributed by atoms with Gasteiger partial charge in [0.15, 0.2) is 17.5 Å². The fourth-order valence-corrected chi connectivity index (χ4v) is 4.88. The molecule has 0 radical (unpaired) electrons. The minimum absolute atomic E-state index is 0.0777. The monoisotopic (exact) mass is 409 g/mol. The molecule has 6 heteroatoms. The third kappa shape index (κ3) is 3.16. The van der Waals surface area contributed by atoms with Gasteiger partial charge in [0.25, 0.3) is 5.91 Å². The molecule has 0 spiro atoms. The number of nitrogens with one attached hydrogen (secondary N) is 1. The molecule has 2 aromatic rings. The molecule has 1 N–H and O–H groups in total. The van der Waals surface area contributed by atoms with Crippen LogP contribution in [-0.2, 0) is 16.0 Å². The van der Waals surface area contributed by atoms with Crippen LogP contribution in [0.2, 0.25) is 0 Å². The Morgan fingerprint density at radius 1 is 1.07 bits per heavy atom. The lowest BCUT2D eigenvalue weighted by atomic mass is 9.91. The summed E-state index contributed by atoms with van der Waals surface area (Å²) in [5.41, 5.74) is 5.13. The number of ether oxygens (including phenoxy) is 2. The molecule has 1 saturated heterocycles. The molecule has 2 amide bonds. The van der Waals surface area contributed by atoms with E-state index in [9.17, 15) is 9.59 Å². The SMILES string of the molecule is COc1cc2c(cc1OC)[C@H](C)[NH+]([C@H]1CC(=O)N(c3cccc(C)c3C)C1=O)CC2. The molecule has 3 atom stereocenters. The molecule has 0 saturated carbocycles. The topological polar surface area (TPSA) is 60.3 Å². The molecule has 2 aromatic carbocycles. The zero-order valence-corrected chi connectivity index (χ0v) is 18.2. The summed E-state index contributed by atoms with van der Waals surface area (Å²) in [7, 11) is 3.27. The van der Waals surface area contributed by atoms with Gasteiger partial charge in [0.2, 0.25) is 5.91 Å². The van der Waals surface area contributed by atoms with Crippen LogP contribution in [0.3, 0.4) is 0 Å². The first-order chi connectivity index (χ1) is 14.4. The van der Waals surface area contributed by atoms with E-state index in [0.717, 1.165) is 40.3 Å². The van der Waals surface area contributed by atoms with E-state index in [0.29, 0.717) is 11.4 Å². The molecule has 30 heavy (non-hydrogen) atoms. The van der Waals surface area contributed by atoms with Crippen LogP contribution in [0.15, 0.2) is 30.3 Å². The number of aryl methyl sites for hydroxylation is 1. The molecule has 1 unspecified atom stereocenters. The molecule has 4 rings (SSSR count). The van der Waals surface area contributed by atoms with Gasteiger partial charge in [-0.1, -0.05) is 12.1 Å². The Kier molecular flexibility index (Phi) is 5.28. The second kappa shape index (κ2) is 7.76. The standard InChI is InChI=1S/C24H28N2O4/c1-14-7-6-8-19(15(14)2)26-23(27)13-20(24(26)28)25-10-9-17-11-21(29-4)22(30-5)12-18(17)16(25)3/h6-8,11-12,16,20H,9-10,13H2,1-5H3/p+1/t16-,20-/m0/s1. The molecular weight excluding hydrogens is 380 g/mol. The zero-order chi connectivity index (χ0) is 21.6. The summed E-state index contributed by atoms with van der Waals surface area (Å²) in [5, 5.41) is 0. The lowest BCUT2D eigenvalue weighted by Crippen LogP contribution is -3.17. The third-order valence-electron chi connectivity index (χ3n) is 6.76. The van der Waals surface area contributed by atoms with Crippen molar-refractivity contribution in [3.8, 4) is 11.5 Å². The molecule has 2 aliphatic heterocycles. The highest BCUT2D eigenvalue weighted by molar-refractivity contribution is 6.22. The van der Waals surface area contributed by atoms with E-state index in [1.807, 2.05) is 44.2 Å². The molecule has 2 aliphatic rings. The normalized spacial score (nSPS) is 23.5. The molecule has 0 aromatic heterocycles.